The number of nitrogens with one attached hydrogen (secondary N) is 1. The molecule has 0 bridgehead atoms. The fourth-order valence-corrected chi connectivity index (χ4v) is 2.56. The molecule has 1 fully saturated rings. The lowest BCUT2D eigenvalue weighted by Crippen LogP contribution is -2.47. The first-order valence-electron chi connectivity index (χ1n) is 6.93. The minimum Gasteiger partial charge on any atom is -0.339 e. The molecule has 6 heteroatoms. The SMILES string of the molecule is Cc1cnc2c(c1)nc(C)n2CC(=O)N1CCNCC1. The normalized spacial score (nSPS) is 15.8. The fourth-order valence-electron chi connectivity index (χ4n) is 2.56. The summed E-state index contributed by atoms with van der Waals surface area (Å²) < 4.78 is 1.90. The molecule has 1 aliphatic heterocycles. The summed E-state index contributed by atoms with van der Waals surface area (Å²) >= 11 is 0. The average Bonchev–Trinajstić information content (AvgIpc) is 2.75. The molecule has 3 rings (SSSR count). The van der Waals surface area contributed by atoms with Gasteiger partial charge in [0.25, 0.3) is 0 Å². The third-order valence-corrected chi connectivity index (χ3v) is 3.68. The van der Waals surface area contributed by atoms with Gasteiger partial charge in [0.1, 0.15) is 17.9 Å². The monoisotopic (exact) mass is 273 g/mol. The first-order chi connectivity index (χ1) is 9.65. The molecule has 0 radical (unpaired) electrons. The van der Waals surface area contributed by atoms with Gasteiger partial charge in [-0.1, -0.05) is 0 Å². The Morgan fingerprint density at radius 2 is 2.10 bits per heavy atom. The van der Waals surface area contributed by atoms with Crippen LogP contribution in [-0.4, -0.2) is 51.5 Å². The van der Waals surface area contributed by atoms with Crippen molar-refractivity contribution in [3.63, 3.8) is 0 Å². The molecule has 1 saturated heterocycles. The van der Waals surface area contributed by atoms with Gasteiger partial charge in [0.2, 0.25) is 5.91 Å². The molecule has 106 valence electrons. The van der Waals surface area contributed by atoms with Gasteiger partial charge < -0.3 is 14.8 Å². The molecule has 6 nitrogen and oxygen atoms in total. The molecule has 0 spiro atoms. The highest BCUT2D eigenvalue weighted by atomic mass is 16.2. The number of pyridine rings is 1. The number of hydrogen-bond acceptors (Lipinski definition) is 4. The van der Waals surface area contributed by atoms with Gasteiger partial charge in [0.15, 0.2) is 5.65 Å². The zero-order valence-electron chi connectivity index (χ0n) is 11.9. The van der Waals surface area contributed by atoms with Crippen molar-refractivity contribution in [2.75, 3.05) is 26.2 Å². The summed E-state index contributed by atoms with van der Waals surface area (Å²) in [7, 11) is 0. The molecule has 0 atom stereocenters. The molecule has 0 aromatic carbocycles. The molecule has 20 heavy (non-hydrogen) atoms. The maximum atomic E-state index is 12.4. The van der Waals surface area contributed by atoms with Crippen molar-refractivity contribution < 1.29 is 4.79 Å². The summed E-state index contributed by atoms with van der Waals surface area (Å²) in [6.07, 6.45) is 1.81. The predicted octanol–water partition coefficient (Wildman–Crippen LogP) is 0.480. The van der Waals surface area contributed by atoms with Crippen LogP contribution in [0.25, 0.3) is 11.2 Å². The topological polar surface area (TPSA) is 63.1 Å². The Morgan fingerprint density at radius 3 is 2.85 bits per heavy atom. The van der Waals surface area contributed by atoms with Gasteiger partial charge in [0.05, 0.1) is 0 Å². The molecule has 0 aliphatic carbocycles. The Kier molecular flexibility index (Phi) is 3.40. The standard InChI is InChI=1S/C14H19N5O/c1-10-7-12-14(16-8-10)19(11(2)17-12)9-13(20)18-5-3-15-4-6-18/h7-8,15H,3-6,9H2,1-2H3. The number of piperazine rings is 1. The van der Waals surface area contributed by atoms with E-state index < -0.39 is 0 Å². The summed E-state index contributed by atoms with van der Waals surface area (Å²) in [4.78, 5) is 23.2. The highest BCUT2D eigenvalue weighted by Crippen LogP contribution is 2.15. The van der Waals surface area contributed by atoms with Crippen molar-refractivity contribution in [1.29, 1.82) is 0 Å². The lowest BCUT2D eigenvalue weighted by atomic mass is 10.3. The molecular weight excluding hydrogens is 254 g/mol. The largest absolute Gasteiger partial charge is 0.339 e. The number of hydrogen-bond donors (Lipinski definition) is 1. The van der Waals surface area contributed by atoms with E-state index in [1.807, 2.05) is 35.6 Å². The zero-order chi connectivity index (χ0) is 14.1. The summed E-state index contributed by atoms with van der Waals surface area (Å²) in [6, 6.07) is 2.00. The van der Waals surface area contributed by atoms with E-state index in [0.29, 0.717) is 6.54 Å². The van der Waals surface area contributed by atoms with Crippen molar-refractivity contribution in [2.24, 2.45) is 0 Å². The molecular formula is C14H19N5O. The maximum Gasteiger partial charge on any atom is 0.242 e. The quantitative estimate of drug-likeness (QED) is 0.864. The van der Waals surface area contributed by atoms with Gasteiger partial charge in [-0.15, -0.1) is 0 Å². The first-order valence-corrected chi connectivity index (χ1v) is 6.93. The molecule has 0 unspecified atom stereocenters. The van der Waals surface area contributed by atoms with Gasteiger partial charge in [-0.2, -0.15) is 0 Å². The highest BCUT2D eigenvalue weighted by Gasteiger charge is 2.19. The third-order valence-electron chi connectivity index (χ3n) is 3.68. The zero-order valence-corrected chi connectivity index (χ0v) is 11.9. The summed E-state index contributed by atoms with van der Waals surface area (Å²) in [5.41, 5.74) is 2.72. The van der Waals surface area contributed by atoms with E-state index in [9.17, 15) is 4.79 Å². The predicted molar refractivity (Wildman–Crippen MR) is 76.5 cm³/mol. The summed E-state index contributed by atoms with van der Waals surface area (Å²) in [5.74, 6) is 0.970. The molecule has 2 aromatic rings. The van der Waals surface area contributed by atoms with Crippen LogP contribution in [0.3, 0.4) is 0 Å². The molecule has 0 saturated carbocycles. The van der Waals surface area contributed by atoms with Crippen LogP contribution in [0.15, 0.2) is 12.3 Å². The molecule has 3 heterocycles. The third kappa shape index (κ3) is 2.38. The highest BCUT2D eigenvalue weighted by molar-refractivity contribution is 5.79. The van der Waals surface area contributed by atoms with Crippen LogP contribution in [0.1, 0.15) is 11.4 Å². The molecule has 2 aromatic heterocycles. The van der Waals surface area contributed by atoms with Crippen LogP contribution in [0.4, 0.5) is 0 Å². The van der Waals surface area contributed by atoms with E-state index in [0.717, 1.165) is 48.7 Å². The van der Waals surface area contributed by atoms with Crippen LogP contribution in [0, 0.1) is 13.8 Å². The van der Waals surface area contributed by atoms with Crippen LogP contribution >= 0.6 is 0 Å². The second kappa shape index (κ2) is 5.20. The van der Waals surface area contributed by atoms with Crippen LogP contribution in [0.2, 0.25) is 0 Å². The van der Waals surface area contributed by atoms with Gasteiger partial charge in [0, 0.05) is 32.4 Å². The number of nitrogens with zero attached hydrogens (tertiary/aromatic N) is 4. The Labute approximate surface area is 117 Å². The van der Waals surface area contributed by atoms with Gasteiger partial charge in [-0.3, -0.25) is 4.79 Å². The van der Waals surface area contributed by atoms with Crippen LogP contribution < -0.4 is 5.32 Å². The summed E-state index contributed by atoms with van der Waals surface area (Å²) in [6.45, 7) is 7.51. The number of aromatic nitrogens is 3. The number of aryl methyl sites for hydroxylation is 2. The fraction of sp³-hybridized carbons (Fsp3) is 0.500. The minimum absolute atomic E-state index is 0.135. The number of carbonyl (C=O) groups excluding carboxylic acids is 1. The number of carbonyl (C=O) groups is 1. The minimum atomic E-state index is 0.135. The second-order valence-corrected chi connectivity index (χ2v) is 5.23. The van der Waals surface area contributed by atoms with Gasteiger partial charge >= 0.3 is 0 Å². The van der Waals surface area contributed by atoms with E-state index >= 15 is 0 Å². The number of fused-ring (bicyclic) bond motifs is 1. The number of imidazole rings is 1. The van der Waals surface area contributed by atoms with Crippen molar-refractivity contribution in [2.45, 2.75) is 20.4 Å². The van der Waals surface area contributed by atoms with Crippen molar-refractivity contribution in [3.8, 4) is 0 Å². The van der Waals surface area contributed by atoms with E-state index in [4.69, 9.17) is 0 Å². The lowest BCUT2D eigenvalue weighted by Gasteiger charge is -2.27. The van der Waals surface area contributed by atoms with E-state index in [2.05, 4.69) is 15.3 Å². The van der Waals surface area contributed by atoms with Crippen LogP contribution in [-0.2, 0) is 11.3 Å². The Balaban J connectivity index is 1.86. The van der Waals surface area contributed by atoms with E-state index in [1.165, 1.54) is 0 Å². The van der Waals surface area contributed by atoms with Gasteiger partial charge in [-0.05, 0) is 25.5 Å². The van der Waals surface area contributed by atoms with Crippen LogP contribution in [0.5, 0.6) is 0 Å². The number of amides is 1. The number of rotatable bonds is 2. The maximum absolute atomic E-state index is 12.4. The first kappa shape index (κ1) is 13.1. The lowest BCUT2D eigenvalue weighted by molar-refractivity contribution is -0.132. The Bertz CT molecular complexity index is 642. The smallest absolute Gasteiger partial charge is 0.242 e. The second-order valence-electron chi connectivity index (χ2n) is 5.23. The van der Waals surface area contributed by atoms with Gasteiger partial charge in [-0.25, -0.2) is 9.97 Å². The van der Waals surface area contributed by atoms with E-state index in [1.54, 1.807) is 0 Å². The Hall–Kier alpha value is -1.95. The van der Waals surface area contributed by atoms with Crippen molar-refractivity contribution in [1.82, 2.24) is 24.8 Å². The Morgan fingerprint density at radius 1 is 1.35 bits per heavy atom. The molecule has 1 N–H and O–H groups in total. The summed E-state index contributed by atoms with van der Waals surface area (Å²) in [5, 5.41) is 3.25. The van der Waals surface area contributed by atoms with Crippen molar-refractivity contribution in [3.05, 3.63) is 23.7 Å². The average molecular weight is 273 g/mol. The molecule has 1 amide bonds. The van der Waals surface area contributed by atoms with Crippen molar-refractivity contribution >= 4 is 17.1 Å². The molecule has 1 aliphatic rings. The van der Waals surface area contributed by atoms with E-state index in [-0.39, 0.29) is 5.91 Å².